The fourth-order valence-electron chi connectivity index (χ4n) is 3.12. The first kappa shape index (κ1) is 17.4. The van der Waals surface area contributed by atoms with Crippen molar-refractivity contribution in [2.75, 3.05) is 26.2 Å². The summed E-state index contributed by atoms with van der Waals surface area (Å²) in [5.74, 6) is 0.869. The second-order valence-electron chi connectivity index (χ2n) is 6.12. The Labute approximate surface area is 124 Å². The second kappa shape index (κ2) is 10.2. The minimum atomic E-state index is 0.205. The maximum absolute atomic E-state index is 11.8. The van der Waals surface area contributed by atoms with E-state index in [0.29, 0.717) is 18.4 Å². The van der Waals surface area contributed by atoms with Gasteiger partial charge in [-0.2, -0.15) is 0 Å². The quantitative estimate of drug-likeness (QED) is 0.681. The van der Waals surface area contributed by atoms with Gasteiger partial charge < -0.3 is 16.0 Å². The first-order chi connectivity index (χ1) is 9.65. The lowest BCUT2D eigenvalue weighted by molar-refractivity contribution is -0.121. The van der Waals surface area contributed by atoms with Crippen molar-refractivity contribution in [3.05, 3.63) is 0 Å². The zero-order valence-corrected chi connectivity index (χ0v) is 13.4. The fourth-order valence-corrected chi connectivity index (χ4v) is 3.12. The first-order valence-electron chi connectivity index (χ1n) is 8.40. The SMILES string of the molecule is CCCN(CC)CCNC(=O)CCC1CCCC(N)C1. The fraction of sp³-hybridized carbons (Fsp3) is 0.938. The summed E-state index contributed by atoms with van der Waals surface area (Å²) in [6.07, 6.45) is 7.59. The van der Waals surface area contributed by atoms with Gasteiger partial charge in [0.15, 0.2) is 0 Å². The number of hydrogen-bond acceptors (Lipinski definition) is 3. The van der Waals surface area contributed by atoms with Crippen molar-refractivity contribution in [3.63, 3.8) is 0 Å². The van der Waals surface area contributed by atoms with Crippen LogP contribution in [0, 0.1) is 5.92 Å². The van der Waals surface area contributed by atoms with Crippen LogP contribution in [0.3, 0.4) is 0 Å². The normalized spacial score (nSPS) is 23.0. The van der Waals surface area contributed by atoms with E-state index < -0.39 is 0 Å². The van der Waals surface area contributed by atoms with E-state index in [1.54, 1.807) is 0 Å². The van der Waals surface area contributed by atoms with E-state index in [9.17, 15) is 4.79 Å². The molecule has 1 amide bonds. The highest BCUT2D eigenvalue weighted by Gasteiger charge is 2.19. The number of rotatable bonds is 9. The van der Waals surface area contributed by atoms with Crippen LogP contribution in [0.1, 0.15) is 58.8 Å². The van der Waals surface area contributed by atoms with Crippen molar-refractivity contribution in [2.45, 2.75) is 64.8 Å². The van der Waals surface area contributed by atoms with E-state index in [1.807, 2.05) is 0 Å². The molecular formula is C16H33N3O. The van der Waals surface area contributed by atoms with E-state index in [1.165, 1.54) is 19.3 Å². The van der Waals surface area contributed by atoms with Crippen molar-refractivity contribution < 1.29 is 4.79 Å². The van der Waals surface area contributed by atoms with E-state index in [-0.39, 0.29) is 5.91 Å². The average molecular weight is 283 g/mol. The zero-order valence-electron chi connectivity index (χ0n) is 13.4. The molecule has 0 heterocycles. The van der Waals surface area contributed by atoms with Gasteiger partial charge in [0.05, 0.1) is 0 Å². The molecule has 1 fully saturated rings. The van der Waals surface area contributed by atoms with Gasteiger partial charge in [0.2, 0.25) is 5.91 Å². The summed E-state index contributed by atoms with van der Waals surface area (Å²) in [7, 11) is 0. The van der Waals surface area contributed by atoms with Gasteiger partial charge in [-0.1, -0.05) is 26.7 Å². The van der Waals surface area contributed by atoms with Crippen LogP contribution in [-0.4, -0.2) is 43.0 Å². The Balaban J connectivity index is 2.08. The van der Waals surface area contributed by atoms with E-state index >= 15 is 0 Å². The van der Waals surface area contributed by atoms with Gasteiger partial charge in [-0.05, 0) is 44.7 Å². The predicted molar refractivity (Wildman–Crippen MR) is 84.6 cm³/mol. The Morgan fingerprint density at radius 3 is 2.75 bits per heavy atom. The molecule has 3 N–H and O–H groups in total. The molecule has 2 atom stereocenters. The minimum Gasteiger partial charge on any atom is -0.355 e. The molecule has 1 saturated carbocycles. The lowest BCUT2D eigenvalue weighted by Crippen LogP contribution is -2.35. The third kappa shape index (κ3) is 7.25. The summed E-state index contributed by atoms with van der Waals surface area (Å²) in [4.78, 5) is 14.2. The Morgan fingerprint density at radius 2 is 2.10 bits per heavy atom. The number of amides is 1. The summed E-state index contributed by atoms with van der Waals surface area (Å²) in [6, 6.07) is 0.365. The van der Waals surface area contributed by atoms with Crippen molar-refractivity contribution >= 4 is 5.91 Å². The van der Waals surface area contributed by atoms with E-state index in [4.69, 9.17) is 5.73 Å². The number of hydrogen-bond donors (Lipinski definition) is 2. The Morgan fingerprint density at radius 1 is 1.30 bits per heavy atom. The van der Waals surface area contributed by atoms with Crippen LogP contribution in [-0.2, 0) is 4.79 Å². The summed E-state index contributed by atoms with van der Waals surface area (Å²) >= 11 is 0. The number of carbonyl (C=O) groups excluding carboxylic acids is 1. The predicted octanol–water partition coefficient (Wildman–Crippen LogP) is 2.13. The summed E-state index contributed by atoms with van der Waals surface area (Å²) in [5, 5.41) is 3.04. The third-order valence-electron chi connectivity index (χ3n) is 4.34. The van der Waals surface area contributed by atoms with Gasteiger partial charge in [0.1, 0.15) is 0 Å². The van der Waals surface area contributed by atoms with Crippen LogP contribution in [0.5, 0.6) is 0 Å². The molecule has 4 nitrogen and oxygen atoms in total. The second-order valence-corrected chi connectivity index (χ2v) is 6.12. The molecule has 0 bridgehead atoms. The molecule has 0 radical (unpaired) electrons. The number of nitrogens with zero attached hydrogens (tertiary/aromatic N) is 1. The zero-order chi connectivity index (χ0) is 14.8. The van der Waals surface area contributed by atoms with Gasteiger partial charge in [-0.3, -0.25) is 4.79 Å². The van der Waals surface area contributed by atoms with Crippen molar-refractivity contribution in [3.8, 4) is 0 Å². The van der Waals surface area contributed by atoms with Gasteiger partial charge in [0.25, 0.3) is 0 Å². The largest absolute Gasteiger partial charge is 0.355 e. The van der Waals surface area contributed by atoms with E-state index in [2.05, 4.69) is 24.1 Å². The van der Waals surface area contributed by atoms with Crippen LogP contribution in [0.2, 0.25) is 0 Å². The smallest absolute Gasteiger partial charge is 0.220 e. The molecule has 0 aromatic heterocycles. The summed E-state index contributed by atoms with van der Waals surface area (Å²) in [6.45, 7) is 8.27. The topological polar surface area (TPSA) is 58.4 Å². The van der Waals surface area contributed by atoms with Gasteiger partial charge in [0, 0.05) is 25.6 Å². The monoisotopic (exact) mass is 283 g/mol. The van der Waals surface area contributed by atoms with Crippen LogP contribution < -0.4 is 11.1 Å². The number of carbonyl (C=O) groups is 1. The van der Waals surface area contributed by atoms with Crippen LogP contribution in [0.25, 0.3) is 0 Å². The number of nitrogens with one attached hydrogen (secondary N) is 1. The highest BCUT2D eigenvalue weighted by atomic mass is 16.1. The lowest BCUT2D eigenvalue weighted by Gasteiger charge is -2.26. The average Bonchev–Trinajstić information content (AvgIpc) is 2.44. The molecule has 0 aromatic rings. The lowest BCUT2D eigenvalue weighted by atomic mass is 9.83. The maximum atomic E-state index is 11.8. The highest BCUT2D eigenvalue weighted by Crippen LogP contribution is 2.26. The molecule has 1 aliphatic rings. The molecule has 2 unspecified atom stereocenters. The Kier molecular flexibility index (Phi) is 8.86. The number of likely N-dealkylation sites (N-methyl/N-ethyl adjacent to an activating group) is 1. The standard InChI is InChI=1S/C16H33N3O/c1-3-11-19(4-2)12-10-18-16(20)9-8-14-6-5-7-15(17)13-14/h14-15H,3-13,17H2,1-2H3,(H,18,20). The van der Waals surface area contributed by atoms with E-state index in [0.717, 1.165) is 45.4 Å². The summed E-state index contributed by atoms with van der Waals surface area (Å²) < 4.78 is 0. The molecule has 0 aliphatic heterocycles. The molecule has 1 rings (SSSR count). The van der Waals surface area contributed by atoms with Gasteiger partial charge in [-0.25, -0.2) is 0 Å². The Hall–Kier alpha value is -0.610. The highest BCUT2D eigenvalue weighted by molar-refractivity contribution is 5.75. The van der Waals surface area contributed by atoms with Crippen LogP contribution >= 0.6 is 0 Å². The maximum Gasteiger partial charge on any atom is 0.220 e. The van der Waals surface area contributed by atoms with Crippen molar-refractivity contribution in [2.24, 2.45) is 11.7 Å². The molecule has 0 spiro atoms. The van der Waals surface area contributed by atoms with Gasteiger partial charge >= 0.3 is 0 Å². The molecule has 0 aromatic carbocycles. The van der Waals surface area contributed by atoms with Gasteiger partial charge in [-0.15, -0.1) is 0 Å². The molecule has 20 heavy (non-hydrogen) atoms. The molecule has 4 heteroatoms. The number of nitrogens with two attached hydrogens (primary N) is 1. The molecule has 118 valence electrons. The van der Waals surface area contributed by atoms with Crippen molar-refractivity contribution in [1.29, 1.82) is 0 Å². The van der Waals surface area contributed by atoms with Crippen LogP contribution in [0.4, 0.5) is 0 Å². The molecule has 1 aliphatic carbocycles. The molecular weight excluding hydrogens is 250 g/mol. The third-order valence-corrected chi connectivity index (χ3v) is 4.34. The van der Waals surface area contributed by atoms with Crippen LogP contribution in [0.15, 0.2) is 0 Å². The Bertz CT molecular complexity index is 270. The minimum absolute atomic E-state index is 0.205. The van der Waals surface area contributed by atoms with Crippen molar-refractivity contribution in [1.82, 2.24) is 10.2 Å². The first-order valence-corrected chi connectivity index (χ1v) is 8.40. The molecule has 0 saturated heterocycles. The summed E-state index contributed by atoms with van der Waals surface area (Å²) in [5.41, 5.74) is 5.98.